The first kappa shape index (κ1) is 8.96. The van der Waals surface area contributed by atoms with E-state index >= 15 is 0 Å². The van der Waals surface area contributed by atoms with Crippen molar-refractivity contribution in [3.05, 3.63) is 6.42 Å². The lowest BCUT2D eigenvalue weighted by Gasteiger charge is -2.11. The van der Waals surface area contributed by atoms with Crippen molar-refractivity contribution in [3.8, 4) is 0 Å². The maximum Gasteiger partial charge on any atom is 0.0576 e. The average Bonchev–Trinajstić information content (AvgIpc) is 1.83. The van der Waals surface area contributed by atoms with Crippen molar-refractivity contribution in [2.24, 2.45) is 5.92 Å². The zero-order valence-corrected chi connectivity index (χ0v) is 6.85. The molecule has 0 aliphatic carbocycles. The molecule has 0 aromatic rings. The summed E-state index contributed by atoms with van der Waals surface area (Å²) in [7, 11) is 0. The molecule has 0 aliphatic rings. The molecule has 0 spiro atoms. The standard InChI is InChI=1S/C8H17O/c1-5-8(4)9-6-7(2)3/h5,7-8H,6H2,1-4H3. The Hall–Kier alpha value is -0.0400. The highest BCUT2D eigenvalue weighted by Gasteiger charge is 1.99. The first-order valence-corrected chi connectivity index (χ1v) is 3.58. The van der Waals surface area contributed by atoms with E-state index in [0.717, 1.165) is 6.61 Å². The summed E-state index contributed by atoms with van der Waals surface area (Å²) in [5, 5.41) is 0. The van der Waals surface area contributed by atoms with Crippen LogP contribution in [-0.2, 0) is 4.74 Å². The van der Waals surface area contributed by atoms with Crippen molar-refractivity contribution >= 4 is 0 Å². The second-order valence-corrected chi connectivity index (χ2v) is 2.77. The Morgan fingerprint density at radius 1 is 1.33 bits per heavy atom. The molecule has 1 atom stereocenters. The minimum atomic E-state index is 0.312. The van der Waals surface area contributed by atoms with Gasteiger partial charge >= 0.3 is 0 Å². The molecule has 1 unspecified atom stereocenters. The van der Waals surface area contributed by atoms with Crippen LogP contribution in [0.2, 0.25) is 0 Å². The van der Waals surface area contributed by atoms with E-state index in [0.29, 0.717) is 12.0 Å². The summed E-state index contributed by atoms with van der Waals surface area (Å²) in [6.45, 7) is 9.25. The van der Waals surface area contributed by atoms with Crippen molar-refractivity contribution in [1.29, 1.82) is 0 Å². The number of ether oxygens (including phenoxy) is 1. The topological polar surface area (TPSA) is 9.23 Å². The fraction of sp³-hybridized carbons (Fsp3) is 0.875. The lowest BCUT2D eigenvalue weighted by molar-refractivity contribution is 0.0672. The van der Waals surface area contributed by atoms with E-state index in [1.54, 1.807) is 0 Å². The molecule has 0 aromatic heterocycles. The average molecular weight is 129 g/mol. The molecule has 0 aromatic carbocycles. The van der Waals surface area contributed by atoms with E-state index in [1.165, 1.54) is 0 Å². The van der Waals surface area contributed by atoms with Crippen LogP contribution in [0.1, 0.15) is 27.7 Å². The minimum Gasteiger partial charge on any atom is -0.378 e. The van der Waals surface area contributed by atoms with Crippen LogP contribution in [0.25, 0.3) is 0 Å². The van der Waals surface area contributed by atoms with Crippen molar-refractivity contribution < 1.29 is 4.74 Å². The van der Waals surface area contributed by atoms with E-state index in [2.05, 4.69) is 27.2 Å². The molecule has 0 amide bonds. The molecule has 0 fully saturated rings. The molecule has 0 saturated heterocycles. The molecule has 9 heavy (non-hydrogen) atoms. The van der Waals surface area contributed by atoms with Crippen LogP contribution in [0.5, 0.6) is 0 Å². The van der Waals surface area contributed by atoms with Gasteiger partial charge < -0.3 is 4.74 Å². The Morgan fingerprint density at radius 2 is 1.89 bits per heavy atom. The molecular formula is C8H17O. The Balaban J connectivity index is 3.06. The summed E-state index contributed by atoms with van der Waals surface area (Å²) in [4.78, 5) is 0. The quantitative estimate of drug-likeness (QED) is 0.565. The highest BCUT2D eigenvalue weighted by molar-refractivity contribution is 4.65. The zero-order valence-electron chi connectivity index (χ0n) is 6.85. The van der Waals surface area contributed by atoms with Crippen molar-refractivity contribution in [2.75, 3.05) is 6.61 Å². The number of hydrogen-bond acceptors (Lipinski definition) is 1. The molecular weight excluding hydrogens is 112 g/mol. The van der Waals surface area contributed by atoms with Gasteiger partial charge in [0.15, 0.2) is 0 Å². The fourth-order valence-electron chi connectivity index (χ4n) is 0.440. The maximum absolute atomic E-state index is 5.40. The minimum absolute atomic E-state index is 0.312. The monoisotopic (exact) mass is 129 g/mol. The van der Waals surface area contributed by atoms with Crippen LogP contribution in [0.4, 0.5) is 0 Å². The van der Waals surface area contributed by atoms with E-state index in [4.69, 9.17) is 4.74 Å². The zero-order chi connectivity index (χ0) is 7.28. The first-order chi connectivity index (χ1) is 4.16. The third-order valence-corrected chi connectivity index (χ3v) is 1.16. The molecule has 0 saturated carbocycles. The Morgan fingerprint density at radius 3 is 2.22 bits per heavy atom. The van der Waals surface area contributed by atoms with Crippen LogP contribution in [0.15, 0.2) is 0 Å². The number of rotatable bonds is 4. The smallest absolute Gasteiger partial charge is 0.0576 e. The van der Waals surface area contributed by atoms with E-state index < -0.39 is 0 Å². The van der Waals surface area contributed by atoms with Gasteiger partial charge in [0.05, 0.1) is 6.10 Å². The molecule has 1 radical (unpaired) electrons. The SMILES string of the molecule is C[CH]C(C)OCC(C)C. The summed E-state index contributed by atoms with van der Waals surface area (Å²) in [5.74, 6) is 0.646. The normalized spacial score (nSPS) is 14.3. The molecule has 0 heterocycles. The highest BCUT2D eigenvalue weighted by Crippen LogP contribution is 1.99. The molecule has 0 rings (SSSR count). The lowest BCUT2D eigenvalue weighted by atomic mass is 10.2. The third kappa shape index (κ3) is 5.84. The molecule has 1 heteroatoms. The van der Waals surface area contributed by atoms with Gasteiger partial charge in [0.1, 0.15) is 0 Å². The van der Waals surface area contributed by atoms with Gasteiger partial charge in [-0.15, -0.1) is 0 Å². The maximum atomic E-state index is 5.40. The van der Waals surface area contributed by atoms with Crippen LogP contribution in [-0.4, -0.2) is 12.7 Å². The van der Waals surface area contributed by atoms with Crippen molar-refractivity contribution in [2.45, 2.75) is 33.8 Å². The van der Waals surface area contributed by atoms with Crippen molar-refractivity contribution in [1.82, 2.24) is 0 Å². The third-order valence-electron chi connectivity index (χ3n) is 1.16. The van der Waals surface area contributed by atoms with Crippen LogP contribution < -0.4 is 0 Å². The molecule has 55 valence electrons. The van der Waals surface area contributed by atoms with Crippen LogP contribution >= 0.6 is 0 Å². The predicted molar refractivity (Wildman–Crippen MR) is 40.2 cm³/mol. The molecule has 1 nitrogen and oxygen atoms in total. The van der Waals surface area contributed by atoms with Crippen LogP contribution in [0.3, 0.4) is 0 Å². The Kier molecular flexibility index (Phi) is 4.78. The lowest BCUT2D eigenvalue weighted by Crippen LogP contribution is -2.11. The van der Waals surface area contributed by atoms with Gasteiger partial charge in [0.2, 0.25) is 0 Å². The van der Waals surface area contributed by atoms with Gasteiger partial charge in [-0.1, -0.05) is 20.8 Å². The molecule has 0 N–H and O–H groups in total. The Labute approximate surface area is 58.4 Å². The van der Waals surface area contributed by atoms with Gasteiger partial charge in [-0.3, -0.25) is 0 Å². The van der Waals surface area contributed by atoms with Gasteiger partial charge in [0, 0.05) is 6.61 Å². The van der Waals surface area contributed by atoms with E-state index in [1.807, 2.05) is 6.92 Å². The fourth-order valence-corrected chi connectivity index (χ4v) is 0.440. The van der Waals surface area contributed by atoms with Crippen molar-refractivity contribution in [3.63, 3.8) is 0 Å². The second-order valence-electron chi connectivity index (χ2n) is 2.77. The van der Waals surface area contributed by atoms with Gasteiger partial charge in [-0.2, -0.15) is 0 Å². The van der Waals surface area contributed by atoms with Crippen LogP contribution in [0, 0.1) is 12.3 Å². The summed E-state index contributed by atoms with van der Waals surface area (Å²) < 4.78 is 5.40. The first-order valence-electron chi connectivity index (χ1n) is 3.58. The molecule has 0 aliphatic heterocycles. The van der Waals surface area contributed by atoms with Gasteiger partial charge in [0.25, 0.3) is 0 Å². The predicted octanol–water partition coefficient (Wildman–Crippen LogP) is 2.27. The van der Waals surface area contributed by atoms with Gasteiger partial charge in [-0.25, -0.2) is 0 Å². The van der Waals surface area contributed by atoms with E-state index in [-0.39, 0.29) is 0 Å². The Bertz CT molecular complexity index is 59.6. The van der Waals surface area contributed by atoms with Gasteiger partial charge in [-0.05, 0) is 19.3 Å². The summed E-state index contributed by atoms with van der Waals surface area (Å²) in [5.41, 5.74) is 0. The summed E-state index contributed by atoms with van der Waals surface area (Å²) >= 11 is 0. The summed E-state index contributed by atoms with van der Waals surface area (Å²) in [6, 6.07) is 0. The summed E-state index contributed by atoms with van der Waals surface area (Å²) in [6.07, 6.45) is 2.37. The highest BCUT2D eigenvalue weighted by atomic mass is 16.5. The number of hydrogen-bond donors (Lipinski definition) is 0. The molecule has 0 bridgehead atoms. The largest absolute Gasteiger partial charge is 0.378 e. The second kappa shape index (κ2) is 4.80. The van der Waals surface area contributed by atoms with E-state index in [9.17, 15) is 0 Å².